The number of Topliss-reactive ketones (excluding diaryl/α,β-unsaturated/α-hetero) is 1. The second-order valence-electron chi connectivity index (χ2n) is 12.4. The van der Waals surface area contributed by atoms with E-state index >= 15 is 0 Å². The van der Waals surface area contributed by atoms with Gasteiger partial charge in [-0.2, -0.15) is 0 Å². The number of ether oxygens (including phenoxy) is 4. The molecule has 2 heterocycles. The Morgan fingerprint density at radius 1 is 1.03 bits per heavy atom. The Morgan fingerprint density at radius 3 is 2.32 bits per heavy atom. The molecule has 3 saturated carbocycles. The zero-order valence-corrected chi connectivity index (χ0v) is 21.2. The number of esters is 3. The number of carbonyl (C=O) groups is 4. The van der Waals surface area contributed by atoms with Crippen molar-refractivity contribution in [3.8, 4) is 0 Å². The van der Waals surface area contributed by atoms with E-state index in [0.29, 0.717) is 19.3 Å². The third-order valence-corrected chi connectivity index (χ3v) is 10.9. The molecule has 2 aliphatic heterocycles. The number of ketones is 1. The largest absolute Gasteiger partial charge is 0.466 e. The van der Waals surface area contributed by atoms with Crippen LogP contribution in [0.2, 0.25) is 0 Å². The molecule has 0 radical (unpaired) electrons. The average molecular weight is 477 g/mol. The molecule has 0 amide bonds. The molecule has 8 nitrogen and oxygen atoms in total. The number of rotatable bonds is 2. The van der Waals surface area contributed by atoms with Crippen molar-refractivity contribution >= 4 is 23.7 Å². The van der Waals surface area contributed by atoms with Crippen molar-refractivity contribution in [2.24, 2.45) is 33.5 Å². The smallest absolute Gasteiger partial charge is 0.347 e. The van der Waals surface area contributed by atoms with Crippen LogP contribution in [-0.2, 0) is 38.1 Å². The van der Waals surface area contributed by atoms with E-state index in [1.54, 1.807) is 0 Å². The fraction of sp³-hybridized carbons (Fsp3) is 0.846. The molecule has 5 fully saturated rings. The molecule has 5 aliphatic rings. The molecular formula is C26H36O8. The number of cyclic esters (lactones) is 1. The van der Waals surface area contributed by atoms with Crippen LogP contribution in [0.15, 0.2) is 0 Å². The molecule has 0 bridgehead atoms. The summed E-state index contributed by atoms with van der Waals surface area (Å²) in [6, 6.07) is 0. The van der Waals surface area contributed by atoms with Crippen molar-refractivity contribution in [3.63, 3.8) is 0 Å². The summed E-state index contributed by atoms with van der Waals surface area (Å²) >= 11 is 0. The normalized spacial score (nSPS) is 50.5. The zero-order chi connectivity index (χ0) is 25.1. The minimum atomic E-state index is -1.09. The average Bonchev–Trinajstić information content (AvgIpc) is 3.53. The topological polar surface area (TPSA) is 108 Å². The number of carbonyl (C=O) groups excluding carboxylic acids is 4. The molecule has 2 saturated heterocycles. The summed E-state index contributed by atoms with van der Waals surface area (Å²) in [5.74, 6) is -1.28. The van der Waals surface area contributed by atoms with E-state index in [9.17, 15) is 19.2 Å². The molecule has 0 aromatic carbocycles. The van der Waals surface area contributed by atoms with Crippen molar-refractivity contribution in [2.45, 2.75) is 97.6 Å². The van der Waals surface area contributed by atoms with E-state index in [1.807, 2.05) is 20.8 Å². The lowest BCUT2D eigenvalue weighted by Crippen LogP contribution is -2.75. The second-order valence-corrected chi connectivity index (χ2v) is 12.4. The quantitative estimate of drug-likeness (QED) is 0.340. The van der Waals surface area contributed by atoms with Crippen LogP contribution in [0.3, 0.4) is 0 Å². The van der Waals surface area contributed by atoms with Gasteiger partial charge in [-0.3, -0.25) is 9.59 Å². The first-order valence-corrected chi connectivity index (χ1v) is 12.4. The van der Waals surface area contributed by atoms with Gasteiger partial charge in [0.05, 0.1) is 7.11 Å². The number of epoxide rings is 1. The van der Waals surface area contributed by atoms with Crippen LogP contribution in [0.1, 0.15) is 73.6 Å². The summed E-state index contributed by atoms with van der Waals surface area (Å²) < 4.78 is 23.0. The summed E-state index contributed by atoms with van der Waals surface area (Å²) in [6.07, 6.45) is 0.629. The fourth-order valence-corrected chi connectivity index (χ4v) is 9.25. The molecule has 5 rings (SSSR count). The predicted octanol–water partition coefficient (Wildman–Crippen LogP) is 2.99. The molecule has 0 aromatic heterocycles. The van der Waals surface area contributed by atoms with Crippen LogP contribution in [0, 0.1) is 33.5 Å². The summed E-state index contributed by atoms with van der Waals surface area (Å²) in [4.78, 5) is 51.1. The van der Waals surface area contributed by atoms with Gasteiger partial charge in [-0.15, -0.1) is 0 Å². The van der Waals surface area contributed by atoms with Crippen LogP contribution in [-0.4, -0.2) is 54.7 Å². The van der Waals surface area contributed by atoms with Crippen LogP contribution < -0.4 is 0 Å². The summed E-state index contributed by atoms with van der Waals surface area (Å²) in [5, 5.41) is 0. The summed E-state index contributed by atoms with van der Waals surface area (Å²) in [5.41, 5.74) is -3.35. The van der Waals surface area contributed by atoms with E-state index in [-0.39, 0.29) is 23.0 Å². The van der Waals surface area contributed by atoms with E-state index in [4.69, 9.17) is 18.9 Å². The van der Waals surface area contributed by atoms with Crippen molar-refractivity contribution < 1.29 is 38.1 Å². The van der Waals surface area contributed by atoms with Crippen LogP contribution >= 0.6 is 0 Å². The Balaban J connectivity index is 1.69. The van der Waals surface area contributed by atoms with Gasteiger partial charge in [0, 0.05) is 29.6 Å². The van der Waals surface area contributed by atoms with Crippen molar-refractivity contribution in [1.82, 2.24) is 0 Å². The highest BCUT2D eigenvalue weighted by Crippen LogP contribution is 2.78. The highest BCUT2D eigenvalue weighted by molar-refractivity contribution is 5.88. The van der Waals surface area contributed by atoms with Gasteiger partial charge in [-0.1, -0.05) is 34.6 Å². The van der Waals surface area contributed by atoms with Gasteiger partial charge >= 0.3 is 17.9 Å². The molecular weight excluding hydrogens is 440 g/mol. The molecule has 34 heavy (non-hydrogen) atoms. The maximum atomic E-state index is 13.0. The Hall–Kier alpha value is -1.96. The van der Waals surface area contributed by atoms with Gasteiger partial charge in [0.1, 0.15) is 17.5 Å². The number of hydrogen-bond acceptors (Lipinski definition) is 8. The Labute approximate surface area is 200 Å². The minimum absolute atomic E-state index is 0.0218. The van der Waals surface area contributed by atoms with Crippen LogP contribution in [0.25, 0.3) is 0 Å². The monoisotopic (exact) mass is 476 g/mol. The molecule has 8 heteroatoms. The van der Waals surface area contributed by atoms with Gasteiger partial charge in [0.2, 0.25) is 6.10 Å². The standard InChI is InChI=1S/C26H36O8/c1-13(27)32-17-12-15-22(2,3)16(28)9-10-23(15,4)14-8-11-24(5)18(20(29)31-7)33-21(30)19-26(24,34-19)25(14,17)6/h14-15,17-19H,8-12H2,1-7H3/t14-,15+,17-,18-,19-,23+,24-,25-,26-/m1/s1. The van der Waals surface area contributed by atoms with E-state index in [1.165, 1.54) is 14.0 Å². The van der Waals surface area contributed by atoms with Crippen molar-refractivity contribution in [1.29, 1.82) is 0 Å². The van der Waals surface area contributed by atoms with Gasteiger partial charge < -0.3 is 18.9 Å². The molecule has 0 aromatic rings. The summed E-state index contributed by atoms with van der Waals surface area (Å²) in [6.45, 7) is 11.7. The lowest BCUT2D eigenvalue weighted by molar-refractivity contribution is -0.263. The summed E-state index contributed by atoms with van der Waals surface area (Å²) in [7, 11) is 1.29. The fourth-order valence-electron chi connectivity index (χ4n) is 9.25. The molecule has 0 N–H and O–H groups in total. The number of methoxy groups -OCH3 is 1. The lowest BCUT2D eigenvalue weighted by Gasteiger charge is -2.69. The Morgan fingerprint density at radius 2 is 1.71 bits per heavy atom. The van der Waals surface area contributed by atoms with Crippen LogP contribution in [0.5, 0.6) is 0 Å². The SMILES string of the molecule is COC(=O)[C@H]1OC(=O)[C@H]2O[C@]23[C@]2(C)[C@H](CC[C@]13C)[C@]1(C)CCC(=O)C(C)(C)[C@@H]1C[C@H]2OC(C)=O. The van der Waals surface area contributed by atoms with E-state index in [2.05, 4.69) is 13.8 Å². The van der Waals surface area contributed by atoms with Gasteiger partial charge in [0.25, 0.3) is 0 Å². The van der Waals surface area contributed by atoms with Gasteiger partial charge in [0.15, 0.2) is 6.10 Å². The molecule has 188 valence electrons. The first kappa shape index (κ1) is 23.8. The van der Waals surface area contributed by atoms with E-state index in [0.717, 1.165) is 12.8 Å². The number of hydrogen-bond donors (Lipinski definition) is 0. The number of fused-ring (bicyclic) bond motifs is 3. The maximum Gasteiger partial charge on any atom is 0.347 e. The third kappa shape index (κ3) is 2.48. The van der Waals surface area contributed by atoms with Crippen molar-refractivity contribution in [3.05, 3.63) is 0 Å². The maximum absolute atomic E-state index is 13.0. The third-order valence-electron chi connectivity index (χ3n) is 10.9. The molecule has 3 aliphatic carbocycles. The first-order valence-electron chi connectivity index (χ1n) is 12.4. The lowest BCUT2D eigenvalue weighted by atomic mass is 9.35. The highest BCUT2D eigenvalue weighted by Gasteiger charge is 2.89. The Bertz CT molecular complexity index is 987. The van der Waals surface area contributed by atoms with Gasteiger partial charge in [-0.05, 0) is 42.9 Å². The second kappa shape index (κ2) is 6.83. The zero-order valence-electron chi connectivity index (χ0n) is 21.2. The minimum Gasteiger partial charge on any atom is -0.466 e. The first-order chi connectivity index (χ1) is 15.7. The molecule has 0 unspecified atom stereocenters. The predicted molar refractivity (Wildman–Crippen MR) is 118 cm³/mol. The van der Waals surface area contributed by atoms with Gasteiger partial charge in [-0.25, -0.2) is 9.59 Å². The molecule has 9 atom stereocenters. The van der Waals surface area contributed by atoms with E-state index < -0.39 is 58.1 Å². The van der Waals surface area contributed by atoms with Crippen molar-refractivity contribution in [2.75, 3.05) is 7.11 Å². The highest BCUT2D eigenvalue weighted by atomic mass is 16.7. The van der Waals surface area contributed by atoms with Crippen LogP contribution in [0.4, 0.5) is 0 Å². The molecule has 1 spiro atoms. The Kier molecular flexibility index (Phi) is 4.77.